The molecule has 2 fully saturated rings. The second kappa shape index (κ2) is 4.44. The molecule has 2 N–H and O–H groups in total. The first-order valence-electron chi connectivity index (χ1n) is 6.07. The summed E-state index contributed by atoms with van der Waals surface area (Å²) in [6, 6.07) is 0.689. The first-order valence-corrected chi connectivity index (χ1v) is 6.07. The SMILES string of the molecule is CCC1NC2CCCCC2C[C+]1C(=O)O. The van der Waals surface area contributed by atoms with Gasteiger partial charge in [-0.05, 0) is 12.8 Å². The molecule has 1 aliphatic carbocycles. The van der Waals surface area contributed by atoms with Crippen molar-refractivity contribution in [2.24, 2.45) is 5.92 Å². The van der Waals surface area contributed by atoms with E-state index in [2.05, 4.69) is 12.2 Å². The number of hydrogen-bond donors (Lipinski definition) is 2. The predicted molar refractivity (Wildman–Crippen MR) is 58.5 cm³/mol. The van der Waals surface area contributed by atoms with Crippen LogP contribution in [0.5, 0.6) is 0 Å². The summed E-state index contributed by atoms with van der Waals surface area (Å²) in [5, 5.41) is 12.7. The van der Waals surface area contributed by atoms with E-state index < -0.39 is 5.97 Å². The zero-order valence-electron chi connectivity index (χ0n) is 9.33. The lowest BCUT2D eigenvalue weighted by Crippen LogP contribution is -2.54. The first kappa shape index (κ1) is 10.8. The van der Waals surface area contributed by atoms with Gasteiger partial charge in [-0.1, -0.05) is 19.8 Å². The number of nitrogens with one attached hydrogen (secondary N) is 1. The number of rotatable bonds is 2. The van der Waals surface area contributed by atoms with E-state index >= 15 is 0 Å². The molecule has 1 saturated heterocycles. The minimum absolute atomic E-state index is 0.113. The molecule has 0 aromatic carbocycles. The highest BCUT2D eigenvalue weighted by molar-refractivity contribution is 5.84. The van der Waals surface area contributed by atoms with Crippen LogP contribution < -0.4 is 5.32 Å². The maximum atomic E-state index is 11.1. The van der Waals surface area contributed by atoms with Gasteiger partial charge in [0, 0.05) is 18.4 Å². The summed E-state index contributed by atoms with van der Waals surface area (Å²) in [6.45, 7) is 2.06. The third kappa shape index (κ3) is 2.12. The molecule has 0 spiro atoms. The molecule has 2 rings (SSSR count). The van der Waals surface area contributed by atoms with Crippen molar-refractivity contribution in [2.45, 2.75) is 57.5 Å². The Labute approximate surface area is 91.2 Å². The minimum atomic E-state index is -0.696. The van der Waals surface area contributed by atoms with Gasteiger partial charge in [-0.2, -0.15) is 4.79 Å². The molecule has 3 heteroatoms. The van der Waals surface area contributed by atoms with E-state index in [0.717, 1.165) is 12.8 Å². The largest absolute Gasteiger partial charge is 0.498 e. The van der Waals surface area contributed by atoms with Gasteiger partial charge in [-0.15, -0.1) is 0 Å². The molecule has 0 bridgehead atoms. The van der Waals surface area contributed by atoms with Gasteiger partial charge in [0.25, 0.3) is 0 Å². The zero-order valence-corrected chi connectivity index (χ0v) is 9.33. The lowest BCUT2D eigenvalue weighted by atomic mass is 9.73. The van der Waals surface area contributed by atoms with Crippen LogP contribution in [0.2, 0.25) is 0 Å². The number of piperidine rings is 1. The van der Waals surface area contributed by atoms with Crippen LogP contribution in [0, 0.1) is 11.8 Å². The molecule has 2 aliphatic rings. The highest BCUT2D eigenvalue weighted by atomic mass is 16.4. The summed E-state index contributed by atoms with van der Waals surface area (Å²) >= 11 is 0. The van der Waals surface area contributed by atoms with Crippen LogP contribution in [0.25, 0.3) is 0 Å². The Morgan fingerprint density at radius 1 is 1.47 bits per heavy atom. The summed E-state index contributed by atoms with van der Waals surface area (Å²) in [4.78, 5) is 11.1. The van der Waals surface area contributed by atoms with Gasteiger partial charge in [-0.3, -0.25) is 5.32 Å². The average Bonchev–Trinajstić information content (AvgIpc) is 2.27. The third-order valence-corrected chi connectivity index (χ3v) is 3.91. The normalized spacial score (nSPS) is 36.1. The smallest absolute Gasteiger partial charge is 0.445 e. The van der Waals surface area contributed by atoms with E-state index in [0.29, 0.717) is 17.9 Å². The molecular weight excluding hydrogens is 190 g/mol. The number of carboxylic acids is 1. The van der Waals surface area contributed by atoms with Crippen molar-refractivity contribution in [3.8, 4) is 0 Å². The summed E-state index contributed by atoms with van der Waals surface area (Å²) in [7, 11) is 0. The molecule has 0 amide bonds. The molecule has 0 radical (unpaired) electrons. The third-order valence-electron chi connectivity index (χ3n) is 3.91. The first-order chi connectivity index (χ1) is 7.22. The summed E-state index contributed by atoms with van der Waals surface area (Å²) in [6.07, 6.45) is 6.70. The second-order valence-electron chi connectivity index (χ2n) is 4.81. The topological polar surface area (TPSA) is 49.3 Å². The van der Waals surface area contributed by atoms with Crippen LogP contribution in [0.15, 0.2) is 0 Å². The molecule has 1 aliphatic heterocycles. The Hall–Kier alpha value is -0.700. The Morgan fingerprint density at radius 3 is 2.87 bits per heavy atom. The van der Waals surface area contributed by atoms with Crippen LogP contribution in [-0.2, 0) is 4.79 Å². The number of fused-ring (bicyclic) bond motifs is 1. The maximum Gasteiger partial charge on any atom is 0.498 e. The number of hydrogen-bond acceptors (Lipinski definition) is 2. The van der Waals surface area contributed by atoms with Crippen molar-refractivity contribution in [2.75, 3.05) is 0 Å². The Kier molecular flexibility index (Phi) is 3.19. The van der Waals surface area contributed by atoms with Crippen molar-refractivity contribution in [3.63, 3.8) is 0 Å². The fourth-order valence-corrected chi connectivity index (χ4v) is 3.06. The van der Waals surface area contributed by atoms with E-state index in [-0.39, 0.29) is 6.04 Å². The molecule has 0 aromatic heterocycles. The zero-order chi connectivity index (χ0) is 10.8. The number of carbonyl (C=O) groups is 1. The van der Waals surface area contributed by atoms with E-state index in [1.54, 1.807) is 0 Å². The Balaban J connectivity index is 2.05. The second-order valence-corrected chi connectivity index (χ2v) is 4.81. The van der Waals surface area contributed by atoms with Crippen LogP contribution in [0.3, 0.4) is 0 Å². The van der Waals surface area contributed by atoms with E-state index in [9.17, 15) is 4.79 Å². The van der Waals surface area contributed by atoms with Crippen LogP contribution in [-0.4, -0.2) is 23.2 Å². The summed E-state index contributed by atoms with van der Waals surface area (Å²) in [5.74, 6) is 0.590. The van der Waals surface area contributed by atoms with Gasteiger partial charge in [0.1, 0.15) is 6.42 Å². The molecule has 1 saturated carbocycles. The quantitative estimate of drug-likeness (QED) is 0.685. The lowest BCUT2D eigenvalue weighted by molar-refractivity contribution is -0.136. The van der Waals surface area contributed by atoms with Gasteiger partial charge in [0.2, 0.25) is 5.92 Å². The van der Waals surface area contributed by atoms with Crippen molar-refractivity contribution in [1.82, 2.24) is 5.32 Å². The van der Waals surface area contributed by atoms with Gasteiger partial charge < -0.3 is 5.11 Å². The summed E-state index contributed by atoms with van der Waals surface area (Å²) in [5.41, 5.74) is 0. The van der Waals surface area contributed by atoms with Gasteiger partial charge >= 0.3 is 5.97 Å². The van der Waals surface area contributed by atoms with Crippen molar-refractivity contribution in [1.29, 1.82) is 0 Å². The monoisotopic (exact) mass is 210 g/mol. The molecule has 3 nitrogen and oxygen atoms in total. The van der Waals surface area contributed by atoms with Gasteiger partial charge in [0.05, 0.1) is 0 Å². The summed E-state index contributed by atoms with van der Waals surface area (Å²) < 4.78 is 0. The maximum absolute atomic E-state index is 11.1. The molecule has 3 atom stereocenters. The molecule has 84 valence electrons. The fraction of sp³-hybridized carbons (Fsp3) is 0.833. The molecule has 3 unspecified atom stereocenters. The predicted octanol–water partition coefficient (Wildman–Crippen LogP) is 1.98. The molecule has 0 aromatic rings. The standard InChI is InChI=1S/C12H19NO2/c1-2-10-9(12(14)15)7-8-5-3-4-6-11(8)13-10/h8,10-11,13H,2-7H2,1H3/p+1. The molecule has 15 heavy (non-hydrogen) atoms. The highest BCUT2D eigenvalue weighted by Crippen LogP contribution is 2.36. The Morgan fingerprint density at radius 2 is 2.20 bits per heavy atom. The van der Waals surface area contributed by atoms with Crippen molar-refractivity contribution in [3.05, 3.63) is 5.92 Å². The Bertz CT molecular complexity index is 242. The molecular formula is C12H20NO2+. The van der Waals surface area contributed by atoms with E-state index in [4.69, 9.17) is 5.11 Å². The van der Waals surface area contributed by atoms with Gasteiger partial charge in [0.15, 0.2) is 6.04 Å². The van der Waals surface area contributed by atoms with Crippen LogP contribution in [0.1, 0.15) is 45.4 Å². The highest BCUT2D eigenvalue weighted by Gasteiger charge is 2.49. The van der Waals surface area contributed by atoms with Crippen LogP contribution in [0.4, 0.5) is 0 Å². The van der Waals surface area contributed by atoms with Gasteiger partial charge in [-0.25, -0.2) is 0 Å². The van der Waals surface area contributed by atoms with E-state index in [1.807, 2.05) is 0 Å². The average molecular weight is 210 g/mol. The number of carboxylic acid groups (broad SMARTS) is 1. The lowest BCUT2D eigenvalue weighted by Gasteiger charge is -2.37. The minimum Gasteiger partial charge on any atom is -0.445 e. The van der Waals surface area contributed by atoms with Crippen molar-refractivity contribution < 1.29 is 9.90 Å². The molecule has 1 heterocycles. The van der Waals surface area contributed by atoms with Crippen molar-refractivity contribution >= 4 is 5.97 Å². The van der Waals surface area contributed by atoms with Crippen LogP contribution >= 0.6 is 0 Å². The van der Waals surface area contributed by atoms with E-state index in [1.165, 1.54) is 25.7 Å². The fourth-order valence-electron chi connectivity index (χ4n) is 3.06. The number of aliphatic carboxylic acids is 1.